The van der Waals surface area contributed by atoms with Crippen LogP contribution < -0.4 is 0 Å². The van der Waals surface area contributed by atoms with Crippen LogP contribution in [0.5, 0.6) is 0 Å². The first-order chi connectivity index (χ1) is 13.8. The minimum Gasteiger partial charge on any atom is -0.200 e. The molecular weight excluding hydrogens is 376 g/mol. The molecule has 3 rings (SSSR count). The van der Waals surface area contributed by atoms with Gasteiger partial charge in [-0.15, -0.1) is 6.58 Å². The first-order valence-corrected chi connectivity index (χ1v) is 12.2. The number of rotatable bonds is 7. The lowest BCUT2D eigenvalue weighted by Gasteiger charge is -2.43. The molecule has 4 heteroatoms. The van der Waals surface area contributed by atoms with E-state index in [4.69, 9.17) is 0 Å². The summed E-state index contributed by atoms with van der Waals surface area (Å²) in [7, 11) is 0. The Balaban J connectivity index is 1.53. The molecule has 0 N–H and O–H groups in total. The summed E-state index contributed by atoms with van der Waals surface area (Å²) in [5, 5.41) is 0. The summed E-state index contributed by atoms with van der Waals surface area (Å²) in [5.74, 6) is -7.92. The molecule has 3 aliphatic carbocycles. The van der Waals surface area contributed by atoms with Crippen LogP contribution in [0.15, 0.2) is 12.7 Å². The van der Waals surface area contributed by atoms with Crippen molar-refractivity contribution in [2.24, 2.45) is 35.5 Å². The van der Waals surface area contributed by atoms with E-state index in [9.17, 15) is 8.78 Å². The first kappa shape index (κ1) is 23.1. The Morgan fingerprint density at radius 1 is 0.690 bits per heavy atom. The predicted octanol–water partition coefficient (Wildman–Crippen LogP) is 8.66. The van der Waals surface area contributed by atoms with Crippen molar-refractivity contribution >= 4 is 0 Å². The van der Waals surface area contributed by atoms with Crippen molar-refractivity contribution in [3.8, 4) is 0 Å². The van der Waals surface area contributed by atoms with Gasteiger partial charge in [-0.05, 0) is 101 Å². The Morgan fingerprint density at radius 2 is 1.10 bits per heavy atom. The lowest BCUT2D eigenvalue weighted by Crippen LogP contribution is -2.52. The SMILES string of the molecule is C=CC1CCC(C2CCC(C(F)(F)C(F)(F)C3CCC(CCC)CC3)CC2)CC1. The molecule has 3 saturated carbocycles. The minimum atomic E-state index is -3.86. The smallest absolute Gasteiger partial charge is 0.200 e. The average Bonchev–Trinajstić information content (AvgIpc) is 2.74. The van der Waals surface area contributed by atoms with Gasteiger partial charge in [0.05, 0.1) is 0 Å². The van der Waals surface area contributed by atoms with Crippen molar-refractivity contribution < 1.29 is 17.6 Å². The van der Waals surface area contributed by atoms with Gasteiger partial charge in [0.25, 0.3) is 0 Å². The van der Waals surface area contributed by atoms with Crippen molar-refractivity contribution in [2.45, 2.75) is 109 Å². The van der Waals surface area contributed by atoms with Gasteiger partial charge in [0, 0.05) is 11.8 Å². The number of hydrogen-bond donors (Lipinski definition) is 0. The van der Waals surface area contributed by atoms with Crippen LogP contribution in [-0.4, -0.2) is 11.8 Å². The van der Waals surface area contributed by atoms with E-state index in [2.05, 4.69) is 13.5 Å². The van der Waals surface area contributed by atoms with Crippen molar-refractivity contribution in [3.05, 3.63) is 12.7 Å². The summed E-state index contributed by atoms with van der Waals surface area (Å²) >= 11 is 0. The number of hydrogen-bond acceptors (Lipinski definition) is 0. The minimum absolute atomic E-state index is 0.259. The molecule has 0 nitrogen and oxygen atoms in total. The fourth-order valence-electron chi connectivity index (χ4n) is 6.57. The van der Waals surface area contributed by atoms with Crippen molar-refractivity contribution in [3.63, 3.8) is 0 Å². The first-order valence-electron chi connectivity index (χ1n) is 12.2. The number of halogens is 4. The molecule has 0 aliphatic heterocycles. The van der Waals surface area contributed by atoms with Crippen molar-refractivity contribution in [1.29, 1.82) is 0 Å². The normalized spacial score (nSPS) is 37.3. The zero-order chi connectivity index (χ0) is 21.1. The van der Waals surface area contributed by atoms with Crippen LogP contribution in [0, 0.1) is 35.5 Å². The molecule has 3 aliphatic rings. The molecule has 0 aromatic carbocycles. The topological polar surface area (TPSA) is 0 Å². The van der Waals surface area contributed by atoms with Gasteiger partial charge in [-0.3, -0.25) is 0 Å². The molecule has 0 unspecified atom stereocenters. The van der Waals surface area contributed by atoms with Crippen molar-refractivity contribution in [2.75, 3.05) is 0 Å². The highest BCUT2D eigenvalue weighted by Crippen LogP contribution is 2.54. The lowest BCUT2D eigenvalue weighted by atomic mass is 9.67. The molecule has 0 saturated heterocycles. The Hall–Kier alpha value is -0.540. The second-order valence-corrected chi connectivity index (χ2v) is 10.3. The third kappa shape index (κ3) is 5.03. The van der Waals surface area contributed by atoms with Crippen LogP contribution >= 0.6 is 0 Å². The van der Waals surface area contributed by atoms with E-state index in [-0.39, 0.29) is 25.7 Å². The van der Waals surface area contributed by atoms with E-state index >= 15 is 8.78 Å². The summed E-state index contributed by atoms with van der Waals surface area (Å²) in [5.41, 5.74) is 0. The molecule has 0 aromatic rings. The highest BCUT2D eigenvalue weighted by Gasteiger charge is 2.64. The molecule has 29 heavy (non-hydrogen) atoms. The van der Waals surface area contributed by atoms with Gasteiger partial charge >= 0.3 is 11.8 Å². The van der Waals surface area contributed by atoms with Gasteiger partial charge in [0.1, 0.15) is 0 Å². The van der Waals surface area contributed by atoms with Gasteiger partial charge in [-0.1, -0.05) is 25.8 Å². The van der Waals surface area contributed by atoms with Gasteiger partial charge in [0.2, 0.25) is 0 Å². The van der Waals surface area contributed by atoms with Crippen LogP contribution in [0.2, 0.25) is 0 Å². The monoisotopic (exact) mass is 416 g/mol. The molecule has 0 atom stereocenters. The Kier molecular flexibility index (Phi) is 7.76. The quantitative estimate of drug-likeness (QED) is 0.288. The molecule has 0 heterocycles. The van der Waals surface area contributed by atoms with E-state index in [0.29, 0.717) is 49.4 Å². The Morgan fingerprint density at radius 3 is 1.52 bits per heavy atom. The maximum absolute atomic E-state index is 15.0. The fraction of sp³-hybridized carbons (Fsp3) is 0.920. The second-order valence-electron chi connectivity index (χ2n) is 10.3. The average molecular weight is 417 g/mol. The second kappa shape index (κ2) is 9.73. The van der Waals surface area contributed by atoms with Crippen LogP contribution in [0.3, 0.4) is 0 Å². The highest BCUT2D eigenvalue weighted by atomic mass is 19.3. The summed E-state index contributed by atoms with van der Waals surface area (Å²) in [6.07, 6.45) is 12.5. The molecule has 0 radical (unpaired) electrons. The third-order valence-electron chi connectivity index (χ3n) is 8.60. The van der Waals surface area contributed by atoms with Crippen LogP contribution in [0.25, 0.3) is 0 Å². The standard InChI is InChI=1S/C25H40F4/c1-3-5-19-8-14-22(15-9-19)24(26,27)25(28,29)23-16-12-21(13-17-23)20-10-6-18(4-2)7-11-20/h4,18-23H,2-3,5-17H2,1H3. The summed E-state index contributed by atoms with van der Waals surface area (Å²) in [6, 6.07) is 0. The third-order valence-corrected chi connectivity index (χ3v) is 8.60. The van der Waals surface area contributed by atoms with E-state index in [1.54, 1.807) is 0 Å². The van der Waals surface area contributed by atoms with E-state index in [0.717, 1.165) is 38.5 Å². The van der Waals surface area contributed by atoms with E-state index in [1.165, 1.54) is 0 Å². The van der Waals surface area contributed by atoms with Crippen LogP contribution in [0.1, 0.15) is 96.8 Å². The van der Waals surface area contributed by atoms with Gasteiger partial charge in [-0.2, -0.15) is 17.6 Å². The lowest BCUT2D eigenvalue weighted by molar-refractivity contribution is -0.270. The molecule has 0 aromatic heterocycles. The molecule has 0 amide bonds. The van der Waals surface area contributed by atoms with Crippen molar-refractivity contribution in [1.82, 2.24) is 0 Å². The summed E-state index contributed by atoms with van der Waals surface area (Å²) in [6.45, 7) is 5.97. The number of alkyl halides is 4. The molecular formula is C25H40F4. The predicted molar refractivity (Wildman–Crippen MR) is 111 cm³/mol. The summed E-state index contributed by atoms with van der Waals surface area (Å²) < 4.78 is 60.0. The zero-order valence-corrected chi connectivity index (χ0v) is 18.2. The molecule has 0 spiro atoms. The molecule has 168 valence electrons. The Labute approximate surface area is 174 Å². The van der Waals surface area contributed by atoms with Crippen LogP contribution in [-0.2, 0) is 0 Å². The Bertz CT molecular complexity index is 505. The van der Waals surface area contributed by atoms with Gasteiger partial charge in [-0.25, -0.2) is 0 Å². The van der Waals surface area contributed by atoms with E-state index in [1.807, 2.05) is 6.08 Å². The fourth-order valence-corrected chi connectivity index (χ4v) is 6.57. The number of allylic oxidation sites excluding steroid dienone is 1. The molecule has 3 fully saturated rings. The summed E-state index contributed by atoms with van der Waals surface area (Å²) in [4.78, 5) is 0. The van der Waals surface area contributed by atoms with E-state index < -0.39 is 23.7 Å². The zero-order valence-electron chi connectivity index (χ0n) is 18.2. The maximum atomic E-state index is 15.0. The highest BCUT2D eigenvalue weighted by molar-refractivity contribution is 4.98. The largest absolute Gasteiger partial charge is 0.313 e. The van der Waals surface area contributed by atoms with Crippen LogP contribution in [0.4, 0.5) is 17.6 Å². The van der Waals surface area contributed by atoms with Gasteiger partial charge < -0.3 is 0 Å². The molecule has 0 bridgehead atoms. The van der Waals surface area contributed by atoms with Gasteiger partial charge in [0.15, 0.2) is 0 Å². The maximum Gasteiger partial charge on any atom is 0.313 e.